The van der Waals surface area contributed by atoms with E-state index in [0.717, 1.165) is 3.57 Å². The predicted octanol–water partition coefficient (Wildman–Crippen LogP) is 6.66. The van der Waals surface area contributed by atoms with E-state index in [9.17, 15) is 4.79 Å². The van der Waals surface area contributed by atoms with E-state index in [1.165, 1.54) is 0 Å². The van der Waals surface area contributed by atoms with Gasteiger partial charge in [0.15, 0.2) is 5.58 Å². The molecule has 1 aromatic heterocycles. The third-order valence-corrected chi connectivity index (χ3v) is 5.19. The van der Waals surface area contributed by atoms with Gasteiger partial charge < -0.3 is 9.73 Å². The number of nitrogens with one attached hydrogen (secondary N) is 1. The number of carbonyl (C=O) groups excluding carboxylic acids is 1. The third-order valence-electron chi connectivity index (χ3n) is 3.91. The molecule has 0 aliphatic heterocycles. The van der Waals surface area contributed by atoms with E-state index in [1.807, 2.05) is 12.1 Å². The zero-order valence-corrected chi connectivity index (χ0v) is 17.3. The van der Waals surface area contributed by atoms with Crippen LogP contribution in [0.15, 0.2) is 65.1 Å². The molecule has 0 saturated heterocycles. The summed E-state index contributed by atoms with van der Waals surface area (Å²) in [7, 11) is 0. The maximum absolute atomic E-state index is 12.4. The van der Waals surface area contributed by atoms with Crippen molar-refractivity contribution in [2.75, 3.05) is 5.32 Å². The molecule has 0 radical (unpaired) electrons. The highest BCUT2D eigenvalue weighted by Gasteiger charge is 2.13. The van der Waals surface area contributed by atoms with Crippen molar-refractivity contribution in [3.05, 3.63) is 79.8 Å². The molecule has 0 aliphatic rings. The van der Waals surface area contributed by atoms with Crippen LogP contribution in [0, 0.1) is 3.57 Å². The lowest BCUT2D eigenvalue weighted by atomic mass is 10.2. The summed E-state index contributed by atoms with van der Waals surface area (Å²) in [6.07, 6.45) is 0. The molecule has 4 nitrogen and oxygen atoms in total. The van der Waals surface area contributed by atoms with Crippen molar-refractivity contribution in [2.45, 2.75) is 0 Å². The number of rotatable bonds is 3. The number of hydrogen-bond donors (Lipinski definition) is 1. The van der Waals surface area contributed by atoms with E-state index in [-0.39, 0.29) is 5.91 Å². The van der Waals surface area contributed by atoms with Gasteiger partial charge in [-0.2, -0.15) is 0 Å². The largest absolute Gasteiger partial charge is 0.436 e. The molecule has 0 unspecified atom stereocenters. The highest BCUT2D eigenvalue weighted by atomic mass is 127. The van der Waals surface area contributed by atoms with E-state index in [1.54, 1.807) is 48.5 Å². The second kappa shape index (κ2) is 7.50. The molecule has 1 amide bonds. The lowest BCUT2D eigenvalue weighted by molar-refractivity contribution is 0.102. The fourth-order valence-electron chi connectivity index (χ4n) is 2.59. The Morgan fingerprint density at radius 3 is 2.56 bits per heavy atom. The number of hydrogen-bond acceptors (Lipinski definition) is 3. The molecular weight excluding hydrogens is 498 g/mol. The SMILES string of the molecule is O=C(Nc1ccc2oc(-c3cc(Cl)ccc3Cl)nc2c1)c1ccc(I)cc1. The summed E-state index contributed by atoms with van der Waals surface area (Å²) in [5.74, 6) is 0.186. The van der Waals surface area contributed by atoms with E-state index in [0.29, 0.717) is 43.9 Å². The van der Waals surface area contributed by atoms with Crippen LogP contribution >= 0.6 is 45.8 Å². The molecule has 0 spiro atoms. The van der Waals surface area contributed by atoms with E-state index in [2.05, 4.69) is 32.9 Å². The first kappa shape index (κ1) is 18.3. The van der Waals surface area contributed by atoms with Crippen LogP contribution in [-0.4, -0.2) is 10.9 Å². The molecule has 4 rings (SSSR count). The number of anilines is 1. The Hall–Kier alpha value is -2.09. The van der Waals surface area contributed by atoms with Crippen LogP contribution in [0.1, 0.15) is 10.4 Å². The van der Waals surface area contributed by atoms with Crippen molar-refractivity contribution >= 4 is 68.5 Å². The molecule has 4 aromatic rings. The molecule has 0 bridgehead atoms. The molecule has 0 atom stereocenters. The quantitative estimate of drug-likeness (QED) is 0.315. The molecule has 3 aromatic carbocycles. The molecule has 1 N–H and O–H groups in total. The van der Waals surface area contributed by atoms with Crippen molar-refractivity contribution in [1.82, 2.24) is 4.98 Å². The van der Waals surface area contributed by atoms with E-state index >= 15 is 0 Å². The van der Waals surface area contributed by atoms with Crippen LogP contribution in [0.2, 0.25) is 10.0 Å². The molecule has 0 aliphatic carbocycles. The Labute approximate surface area is 178 Å². The standard InChI is InChI=1S/C20H11Cl2IN2O2/c21-12-3-7-16(22)15(9-12)20-25-17-10-14(6-8-18(17)27-20)24-19(26)11-1-4-13(23)5-2-11/h1-10H,(H,24,26). The molecule has 7 heteroatoms. The first-order chi connectivity index (χ1) is 13.0. The Balaban J connectivity index is 1.64. The van der Waals surface area contributed by atoms with E-state index < -0.39 is 0 Å². The number of nitrogens with zero attached hydrogens (tertiary/aromatic N) is 1. The highest BCUT2D eigenvalue weighted by molar-refractivity contribution is 14.1. The van der Waals surface area contributed by atoms with Gasteiger partial charge in [-0.1, -0.05) is 23.2 Å². The van der Waals surface area contributed by atoms with Crippen molar-refractivity contribution in [3.63, 3.8) is 0 Å². The summed E-state index contributed by atoms with van der Waals surface area (Å²) in [6.45, 7) is 0. The lowest BCUT2D eigenvalue weighted by Crippen LogP contribution is -2.11. The number of carbonyl (C=O) groups is 1. The van der Waals surface area contributed by atoms with Gasteiger partial charge in [-0.3, -0.25) is 4.79 Å². The Morgan fingerprint density at radius 2 is 1.78 bits per heavy atom. The number of aromatic nitrogens is 1. The lowest BCUT2D eigenvalue weighted by Gasteiger charge is -2.05. The van der Waals surface area contributed by atoms with Gasteiger partial charge in [-0.15, -0.1) is 0 Å². The van der Waals surface area contributed by atoms with Crippen molar-refractivity contribution in [1.29, 1.82) is 0 Å². The molecular formula is C20H11Cl2IN2O2. The third kappa shape index (κ3) is 3.95. The van der Waals surface area contributed by atoms with Crippen LogP contribution < -0.4 is 5.32 Å². The second-order valence-corrected chi connectivity index (χ2v) is 7.88. The van der Waals surface area contributed by atoms with Gasteiger partial charge >= 0.3 is 0 Å². The van der Waals surface area contributed by atoms with Gasteiger partial charge in [0, 0.05) is 19.8 Å². The first-order valence-electron chi connectivity index (χ1n) is 7.92. The fourth-order valence-corrected chi connectivity index (χ4v) is 3.32. The van der Waals surface area contributed by atoms with Crippen LogP contribution in [0.5, 0.6) is 0 Å². The Bertz CT molecular complexity index is 1160. The Morgan fingerprint density at radius 1 is 1.00 bits per heavy atom. The zero-order chi connectivity index (χ0) is 19.0. The normalized spacial score (nSPS) is 10.9. The van der Waals surface area contributed by atoms with Crippen LogP contribution in [-0.2, 0) is 0 Å². The average Bonchev–Trinajstić information content (AvgIpc) is 3.07. The van der Waals surface area contributed by atoms with Crippen molar-refractivity contribution < 1.29 is 9.21 Å². The second-order valence-electron chi connectivity index (χ2n) is 5.79. The Kier molecular flexibility index (Phi) is 5.08. The predicted molar refractivity (Wildman–Crippen MR) is 117 cm³/mol. The maximum Gasteiger partial charge on any atom is 0.255 e. The summed E-state index contributed by atoms with van der Waals surface area (Å²) in [5.41, 5.74) is 3.03. The van der Waals surface area contributed by atoms with Gasteiger partial charge in [0.1, 0.15) is 5.52 Å². The number of fused-ring (bicyclic) bond motifs is 1. The molecule has 134 valence electrons. The van der Waals surface area contributed by atoms with E-state index in [4.69, 9.17) is 27.6 Å². The number of halogens is 3. The fraction of sp³-hybridized carbons (Fsp3) is 0. The minimum atomic E-state index is -0.188. The molecule has 1 heterocycles. The number of oxazole rings is 1. The van der Waals surface area contributed by atoms with Crippen molar-refractivity contribution in [3.8, 4) is 11.5 Å². The van der Waals surface area contributed by atoms with Crippen molar-refractivity contribution in [2.24, 2.45) is 0 Å². The topological polar surface area (TPSA) is 55.1 Å². The summed E-state index contributed by atoms with van der Waals surface area (Å²) in [4.78, 5) is 16.9. The minimum absolute atomic E-state index is 0.188. The van der Waals surface area contributed by atoms with Gasteiger partial charge in [0.2, 0.25) is 5.89 Å². The first-order valence-corrected chi connectivity index (χ1v) is 9.76. The van der Waals surface area contributed by atoms with Gasteiger partial charge in [0.05, 0.1) is 10.6 Å². The van der Waals surface area contributed by atoms with Gasteiger partial charge in [-0.25, -0.2) is 4.98 Å². The van der Waals surface area contributed by atoms with Gasteiger partial charge in [0.25, 0.3) is 5.91 Å². The van der Waals surface area contributed by atoms with Gasteiger partial charge in [-0.05, 0) is 83.3 Å². The van der Waals surface area contributed by atoms with Crippen LogP contribution in [0.4, 0.5) is 5.69 Å². The highest BCUT2D eigenvalue weighted by Crippen LogP contribution is 2.32. The monoisotopic (exact) mass is 508 g/mol. The van der Waals surface area contributed by atoms with Crippen LogP contribution in [0.25, 0.3) is 22.6 Å². The smallest absolute Gasteiger partial charge is 0.255 e. The van der Waals surface area contributed by atoms with Crippen LogP contribution in [0.3, 0.4) is 0 Å². The number of benzene rings is 3. The summed E-state index contributed by atoms with van der Waals surface area (Å²) >= 11 is 14.5. The summed E-state index contributed by atoms with van der Waals surface area (Å²) in [6, 6.07) is 17.7. The molecule has 27 heavy (non-hydrogen) atoms. The molecule has 0 fully saturated rings. The summed E-state index contributed by atoms with van der Waals surface area (Å²) < 4.78 is 6.85. The average molecular weight is 509 g/mol. The molecule has 0 saturated carbocycles. The zero-order valence-electron chi connectivity index (χ0n) is 13.7. The summed E-state index contributed by atoms with van der Waals surface area (Å²) in [5, 5.41) is 3.91. The minimum Gasteiger partial charge on any atom is -0.436 e. The number of amides is 1. The maximum atomic E-state index is 12.4.